The lowest BCUT2D eigenvalue weighted by molar-refractivity contribution is 0.0381. The molecule has 4 rings (SSSR count). The molecule has 3 heterocycles. The minimum Gasteiger partial charge on any atom is -0.388 e. The first-order valence-electron chi connectivity index (χ1n) is 7.48. The molecule has 21 heavy (non-hydrogen) atoms. The molecule has 0 bridgehead atoms. The van der Waals surface area contributed by atoms with Crippen molar-refractivity contribution in [2.24, 2.45) is 0 Å². The summed E-state index contributed by atoms with van der Waals surface area (Å²) < 4.78 is 1.59. The van der Waals surface area contributed by atoms with Crippen molar-refractivity contribution in [2.45, 2.75) is 43.9 Å². The smallest absolute Gasteiger partial charge is 0.274 e. The predicted molar refractivity (Wildman–Crippen MR) is 72.8 cm³/mol. The van der Waals surface area contributed by atoms with E-state index in [9.17, 15) is 14.7 Å². The largest absolute Gasteiger partial charge is 0.388 e. The Bertz CT molecular complexity index is 620. The lowest BCUT2D eigenvalue weighted by Crippen LogP contribution is -2.44. The molecule has 7 nitrogen and oxygen atoms in total. The Hall–Kier alpha value is -1.89. The van der Waals surface area contributed by atoms with Gasteiger partial charge in [0.1, 0.15) is 5.69 Å². The number of carbonyl (C=O) groups excluding carboxylic acids is 2. The third kappa shape index (κ3) is 1.95. The fourth-order valence-corrected chi connectivity index (χ4v) is 3.42. The highest BCUT2D eigenvalue weighted by Gasteiger charge is 2.53. The van der Waals surface area contributed by atoms with E-state index < -0.39 is 5.60 Å². The SMILES string of the molecule is O=C1NCCn2nc(C(=O)N3CCCC3C3(O)CC3)cc21. The average Bonchev–Trinajstić information content (AvgIpc) is 2.96. The molecule has 1 aliphatic carbocycles. The van der Waals surface area contributed by atoms with E-state index in [2.05, 4.69) is 10.4 Å². The van der Waals surface area contributed by atoms with Gasteiger partial charge in [0.05, 0.1) is 18.2 Å². The Morgan fingerprint density at radius 2 is 2.24 bits per heavy atom. The van der Waals surface area contributed by atoms with Crippen LogP contribution in [0.15, 0.2) is 6.07 Å². The van der Waals surface area contributed by atoms with E-state index in [-0.39, 0.29) is 17.9 Å². The normalized spacial score (nSPS) is 26.4. The van der Waals surface area contributed by atoms with Gasteiger partial charge in [-0.25, -0.2) is 0 Å². The molecule has 7 heteroatoms. The van der Waals surface area contributed by atoms with E-state index >= 15 is 0 Å². The van der Waals surface area contributed by atoms with Crippen molar-refractivity contribution in [3.05, 3.63) is 17.5 Å². The van der Waals surface area contributed by atoms with Crippen LogP contribution in [-0.4, -0.2) is 56.3 Å². The van der Waals surface area contributed by atoms with Gasteiger partial charge in [0, 0.05) is 19.2 Å². The number of carbonyl (C=O) groups is 2. The van der Waals surface area contributed by atoms with Crippen LogP contribution in [0.5, 0.6) is 0 Å². The van der Waals surface area contributed by atoms with Gasteiger partial charge in [-0.2, -0.15) is 5.10 Å². The van der Waals surface area contributed by atoms with E-state index in [1.54, 1.807) is 15.6 Å². The van der Waals surface area contributed by atoms with E-state index in [0.717, 1.165) is 25.7 Å². The van der Waals surface area contributed by atoms with Gasteiger partial charge in [0.15, 0.2) is 5.69 Å². The van der Waals surface area contributed by atoms with Gasteiger partial charge in [-0.1, -0.05) is 0 Å². The van der Waals surface area contributed by atoms with E-state index in [0.29, 0.717) is 31.0 Å². The summed E-state index contributed by atoms with van der Waals surface area (Å²) in [5.41, 5.74) is 0.0479. The molecular formula is C14H18N4O3. The number of rotatable bonds is 2. The molecular weight excluding hydrogens is 272 g/mol. The number of nitrogens with one attached hydrogen (secondary N) is 1. The second-order valence-corrected chi connectivity index (χ2v) is 6.15. The number of nitrogens with zero attached hydrogens (tertiary/aromatic N) is 3. The molecule has 112 valence electrons. The number of fused-ring (bicyclic) bond motifs is 1. The van der Waals surface area contributed by atoms with Crippen molar-refractivity contribution < 1.29 is 14.7 Å². The Kier molecular flexibility index (Phi) is 2.63. The van der Waals surface area contributed by atoms with E-state index in [1.807, 2.05) is 0 Å². The molecule has 1 saturated heterocycles. The lowest BCUT2D eigenvalue weighted by Gasteiger charge is -2.28. The third-order valence-corrected chi connectivity index (χ3v) is 4.74. The maximum absolute atomic E-state index is 12.7. The first-order valence-corrected chi connectivity index (χ1v) is 7.48. The molecule has 1 saturated carbocycles. The zero-order valence-electron chi connectivity index (χ0n) is 11.7. The van der Waals surface area contributed by atoms with Crippen molar-refractivity contribution >= 4 is 11.8 Å². The van der Waals surface area contributed by atoms with Crippen molar-refractivity contribution in [1.82, 2.24) is 20.0 Å². The van der Waals surface area contributed by atoms with Gasteiger partial charge in [-0.3, -0.25) is 14.3 Å². The van der Waals surface area contributed by atoms with Crippen molar-refractivity contribution in [3.8, 4) is 0 Å². The molecule has 1 aromatic rings. The Labute approximate surface area is 121 Å². The first-order chi connectivity index (χ1) is 10.1. The third-order valence-electron chi connectivity index (χ3n) is 4.74. The molecule has 0 radical (unpaired) electrons. The maximum Gasteiger partial charge on any atom is 0.274 e. The Balaban J connectivity index is 1.61. The van der Waals surface area contributed by atoms with Gasteiger partial charge in [-0.05, 0) is 25.7 Å². The highest BCUT2D eigenvalue weighted by molar-refractivity contribution is 5.98. The molecule has 3 aliphatic rings. The summed E-state index contributed by atoms with van der Waals surface area (Å²) in [6.07, 6.45) is 3.29. The summed E-state index contributed by atoms with van der Waals surface area (Å²) in [5.74, 6) is -0.362. The van der Waals surface area contributed by atoms with Gasteiger partial charge in [0.25, 0.3) is 11.8 Å². The van der Waals surface area contributed by atoms with Gasteiger partial charge < -0.3 is 15.3 Å². The van der Waals surface area contributed by atoms with Crippen LogP contribution in [0.3, 0.4) is 0 Å². The fraction of sp³-hybridized carbons (Fsp3) is 0.643. The highest BCUT2D eigenvalue weighted by Crippen LogP contribution is 2.44. The fourth-order valence-electron chi connectivity index (χ4n) is 3.42. The van der Waals surface area contributed by atoms with Crippen LogP contribution in [-0.2, 0) is 6.54 Å². The summed E-state index contributed by atoms with van der Waals surface area (Å²) in [5, 5.41) is 17.3. The maximum atomic E-state index is 12.7. The number of aromatic nitrogens is 2. The van der Waals surface area contributed by atoms with Gasteiger partial charge in [0.2, 0.25) is 0 Å². The van der Waals surface area contributed by atoms with Gasteiger partial charge in [-0.15, -0.1) is 0 Å². The summed E-state index contributed by atoms with van der Waals surface area (Å²) in [6, 6.07) is 1.46. The lowest BCUT2D eigenvalue weighted by atomic mass is 10.1. The van der Waals surface area contributed by atoms with Crippen molar-refractivity contribution in [2.75, 3.05) is 13.1 Å². The monoisotopic (exact) mass is 290 g/mol. The minimum atomic E-state index is -0.692. The van der Waals surface area contributed by atoms with Crippen LogP contribution in [0.25, 0.3) is 0 Å². The molecule has 1 aromatic heterocycles. The molecule has 1 atom stereocenters. The van der Waals surface area contributed by atoms with Crippen molar-refractivity contribution in [3.63, 3.8) is 0 Å². The molecule has 2 amide bonds. The topological polar surface area (TPSA) is 87.5 Å². The zero-order valence-corrected chi connectivity index (χ0v) is 11.7. The molecule has 0 aromatic carbocycles. The highest BCUT2D eigenvalue weighted by atomic mass is 16.3. The standard InChI is InChI=1S/C14H18N4O3/c19-12-10-8-9(16-18(10)7-5-15-12)13(20)17-6-1-2-11(17)14(21)3-4-14/h8,11,21H,1-7H2,(H,15,19). The average molecular weight is 290 g/mol. The number of aliphatic hydroxyl groups is 1. The zero-order chi connectivity index (χ0) is 14.6. The summed E-state index contributed by atoms with van der Waals surface area (Å²) in [7, 11) is 0. The van der Waals surface area contributed by atoms with Crippen LogP contribution in [0.4, 0.5) is 0 Å². The Morgan fingerprint density at radius 1 is 1.43 bits per heavy atom. The van der Waals surface area contributed by atoms with Crippen LogP contribution < -0.4 is 5.32 Å². The molecule has 0 spiro atoms. The van der Waals surface area contributed by atoms with E-state index in [4.69, 9.17) is 0 Å². The summed E-state index contributed by atoms with van der Waals surface area (Å²) in [6.45, 7) is 1.77. The molecule has 2 aliphatic heterocycles. The van der Waals surface area contributed by atoms with E-state index in [1.165, 1.54) is 0 Å². The number of hydrogen-bond acceptors (Lipinski definition) is 4. The number of amides is 2. The van der Waals surface area contributed by atoms with Crippen LogP contribution in [0.1, 0.15) is 46.7 Å². The second kappa shape index (κ2) is 4.30. The number of likely N-dealkylation sites (tertiary alicyclic amines) is 1. The van der Waals surface area contributed by atoms with Crippen LogP contribution in [0, 0.1) is 0 Å². The number of hydrogen-bond donors (Lipinski definition) is 2. The minimum absolute atomic E-state index is 0.0995. The van der Waals surface area contributed by atoms with Crippen molar-refractivity contribution in [1.29, 1.82) is 0 Å². The quantitative estimate of drug-likeness (QED) is 0.786. The predicted octanol–water partition coefficient (Wildman–Crippen LogP) is -0.244. The second-order valence-electron chi connectivity index (χ2n) is 6.15. The molecule has 2 N–H and O–H groups in total. The molecule has 2 fully saturated rings. The first kappa shape index (κ1) is 12.8. The van der Waals surface area contributed by atoms with Gasteiger partial charge >= 0.3 is 0 Å². The van der Waals surface area contributed by atoms with Crippen LogP contribution >= 0.6 is 0 Å². The summed E-state index contributed by atoms with van der Waals surface area (Å²) in [4.78, 5) is 26.1. The summed E-state index contributed by atoms with van der Waals surface area (Å²) >= 11 is 0. The Morgan fingerprint density at radius 3 is 2.95 bits per heavy atom. The molecule has 1 unspecified atom stereocenters. The van der Waals surface area contributed by atoms with Crippen LogP contribution in [0.2, 0.25) is 0 Å².